The lowest BCUT2D eigenvalue weighted by atomic mass is 9.91. The van der Waals surface area contributed by atoms with Crippen LogP contribution in [0.3, 0.4) is 0 Å². The van der Waals surface area contributed by atoms with Gasteiger partial charge in [-0.15, -0.1) is 0 Å². The lowest BCUT2D eigenvalue weighted by Gasteiger charge is -2.30. The van der Waals surface area contributed by atoms with Gasteiger partial charge in [-0.3, -0.25) is 4.79 Å². The molecule has 0 amide bonds. The van der Waals surface area contributed by atoms with Gasteiger partial charge in [-0.25, -0.2) is 9.59 Å². The third kappa shape index (κ3) is 4.29. The molecule has 3 atom stereocenters. The summed E-state index contributed by atoms with van der Waals surface area (Å²) in [6, 6.07) is 0. The average Bonchev–Trinajstić information content (AvgIpc) is 2.87. The topological polar surface area (TPSA) is 88.1 Å². The minimum absolute atomic E-state index is 0.0536. The summed E-state index contributed by atoms with van der Waals surface area (Å²) in [5.74, 6) is -3.40. The fraction of sp³-hybridized carbons (Fsp3) is 0.812. The summed E-state index contributed by atoms with van der Waals surface area (Å²) < 4.78 is 21.3. The average molecular weight is 330 g/mol. The maximum Gasteiger partial charge on any atom is 0.338 e. The van der Waals surface area contributed by atoms with E-state index in [0.29, 0.717) is 12.8 Å². The van der Waals surface area contributed by atoms with Gasteiger partial charge in [-0.1, -0.05) is 13.8 Å². The molecule has 0 bridgehead atoms. The SMILES string of the molecule is CCOC(=O)[C@@H]1OC(C)([C@@H](CC)C(=O)CC)O[C@H]1C(=O)OCC. The predicted molar refractivity (Wildman–Crippen MR) is 80.5 cm³/mol. The molecule has 0 aromatic carbocycles. The van der Waals surface area contributed by atoms with E-state index in [1.165, 1.54) is 0 Å². The first-order valence-electron chi connectivity index (χ1n) is 8.06. The third-order valence-electron chi connectivity index (χ3n) is 3.81. The van der Waals surface area contributed by atoms with Crippen molar-refractivity contribution >= 4 is 17.7 Å². The molecule has 0 unspecified atom stereocenters. The molecule has 1 fully saturated rings. The van der Waals surface area contributed by atoms with E-state index in [9.17, 15) is 14.4 Å². The van der Waals surface area contributed by atoms with Crippen LogP contribution in [0.25, 0.3) is 0 Å². The molecule has 0 aliphatic carbocycles. The summed E-state index contributed by atoms with van der Waals surface area (Å²) in [6.07, 6.45) is -1.70. The molecule has 0 aromatic rings. The fourth-order valence-electron chi connectivity index (χ4n) is 2.75. The van der Waals surface area contributed by atoms with Gasteiger partial charge in [0.15, 0.2) is 18.0 Å². The number of ketones is 1. The van der Waals surface area contributed by atoms with Crippen molar-refractivity contribution in [3.63, 3.8) is 0 Å². The molecule has 1 saturated heterocycles. The predicted octanol–water partition coefficient (Wildman–Crippen LogP) is 1.62. The Labute approximate surface area is 136 Å². The lowest BCUT2D eigenvalue weighted by molar-refractivity contribution is -0.207. The largest absolute Gasteiger partial charge is 0.464 e. The van der Waals surface area contributed by atoms with Crippen LogP contribution in [0, 0.1) is 5.92 Å². The Balaban J connectivity index is 3.08. The number of Topliss-reactive ketones (excluding diaryl/α,β-unsaturated/α-hetero) is 1. The van der Waals surface area contributed by atoms with Crippen molar-refractivity contribution < 1.29 is 33.3 Å². The number of esters is 2. The van der Waals surface area contributed by atoms with Crippen LogP contribution in [0.2, 0.25) is 0 Å². The smallest absolute Gasteiger partial charge is 0.338 e. The van der Waals surface area contributed by atoms with Gasteiger partial charge in [0.2, 0.25) is 0 Å². The molecule has 0 spiro atoms. The molecule has 0 saturated carbocycles. The quantitative estimate of drug-likeness (QED) is 0.625. The summed E-state index contributed by atoms with van der Waals surface area (Å²) in [5, 5.41) is 0. The molecule has 0 radical (unpaired) electrons. The van der Waals surface area contributed by atoms with Crippen molar-refractivity contribution in [3.05, 3.63) is 0 Å². The van der Waals surface area contributed by atoms with Gasteiger partial charge in [-0.2, -0.15) is 0 Å². The standard InChI is InChI=1S/C16H26O7/c1-6-10(11(17)7-2)16(5)22-12(14(18)20-8-3)13(23-16)15(19)21-9-4/h10,12-13H,6-9H2,1-5H3/t10-,12+,13+/m0/s1. The van der Waals surface area contributed by atoms with Crippen LogP contribution < -0.4 is 0 Å². The Morgan fingerprint density at radius 1 is 0.957 bits per heavy atom. The van der Waals surface area contributed by atoms with Crippen molar-refractivity contribution in [2.45, 2.75) is 65.5 Å². The number of rotatable bonds is 8. The minimum Gasteiger partial charge on any atom is -0.464 e. The van der Waals surface area contributed by atoms with E-state index in [1.54, 1.807) is 27.7 Å². The Hall–Kier alpha value is -1.47. The van der Waals surface area contributed by atoms with Crippen LogP contribution in [-0.4, -0.2) is 48.9 Å². The number of carbonyl (C=O) groups is 3. The summed E-state index contributed by atoms with van der Waals surface area (Å²) in [6.45, 7) is 8.75. The van der Waals surface area contributed by atoms with E-state index in [2.05, 4.69) is 0 Å². The zero-order valence-electron chi connectivity index (χ0n) is 14.4. The maximum absolute atomic E-state index is 12.1. The molecule has 7 heteroatoms. The number of hydrogen-bond donors (Lipinski definition) is 0. The Morgan fingerprint density at radius 2 is 1.39 bits per heavy atom. The number of ether oxygens (including phenoxy) is 4. The highest BCUT2D eigenvalue weighted by Crippen LogP contribution is 2.38. The Bertz CT molecular complexity index is 420. The van der Waals surface area contributed by atoms with E-state index in [1.807, 2.05) is 6.92 Å². The first-order valence-corrected chi connectivity index (χ1v) is 8.06. The second kappa shape index (κ2) is 8.40. The van der Waals surface area contributed by atoms with Gasteiger partial charge in [0.05, 0.1) is 19.1 Å². The zero-order valence-corrected chi connectivity index (χ0v) is 14.4. The van der Waals surface area contributed by atoms with Crippen LogP contribution in [0.5, 0.6) is 0 Å². The van der Waals surface area contributed by atoms with Crippen LogP contribution in [0.15, 0.2) is 0 Å². The monoisotopic (exact) mass is 330 g/mol. The lowest BCUT2D eigenvalue weighted by Crippen LogP contribution is -2.41. The molecule has 132 valence electrons. The van der Waals surface area contributed by atoms with Crippen molar-refractivity contribution in [2.24, 2.45) is 5.92 Å². The molecule has 1 aliphatic rings. The highest BCUT2D eigenvalue weighted by Gasteiger charge is 2.56. The van der Waals surface area contributed by atoms with Gasteiger partial charge >= 0.3 is 11.9 Å². The maximum atomic E-state index is 12.1. The third-order valence-corrected chi connectivity index (χ3v) is 3.81. The number of hydrogen-bond acceptors (Lipinski definition) is 7. The highest BCUT2D eigenvalue weighted by atomic mass is 16.8. The first-order chi connectivity index (χ1) is 10.8. The molecule has 7 nitrogen and oxygen atoms in total. The van der Waals surface area contributed by atoms with E-state index in [-0.39, 0.29) is 19.0 Å². The molecule has 1 aliphatic heterocycles. The molecular formula is C16H26O7. The minimum atomic E-state index is -1.36. The van der Waals surface area contributed by atoms with E-state index in [0.717, 1.165) is 0 Å². The number of carbonyl (C=O) groups excluding carboxylic acids is 3. The summed E-state index contributed by atoms with van der Waals surface area (Å²) in [5.41, 5.74) is 0. The molecule has 23 heavy (non-hydrogen) atoms. The van der Waals surface area contributed by atoms with E-state index < -0.39 is 35.9 Å². The van der Waals surface area contributed by atoms with Gasteiger partial charge in [0, 0.05) is 6.42 Å². The highest BCUT2D eigenvalue weighted by molar-refractivity contribution is 5.87. The van der Waals surface area contributed by atoms with Crippen LogP contribution in [0.1, 0.15) is 47.5 Å². The van der Waals surface area contributed by atoms with Crippen molar-refractivity contribution in [1.29, 1.82) is 0 Å². The fourth-order valence-corrected chi connectivity index (χ4v) is 2.75. The Kier molecular flexibility index (Phi) is 7.15. The van der Waals surface area contributed by atoms with Crippen molar-refractivity contribution in [1.82, 2.24) is 0 Å². The van der Waals surface area contributed by atoms with Crippen LogP contribution in [-0.2, 0) is 33.3 Å². The first kappa shape index (κ1) is 19.6. The van der Waals surface area contributed by atoms with E-state index >= 15 is 0 Å². The molecule has 1 heterocycles. The normalized spacial score (nSPS) is 24.0. The van der Waals surface area contributed by atoms with Gasteiger partial charge in [-0.05, 0) is 27.2 Å². The summed E-state index contributed by atoms with van der Waals surface area (Å²) >= 11 is 0. The van der Waals surface area contributed by atoms with Crippen LogP contribution >= 0.6 is 0 Å². The second-order valence-corrected chi connectivity index (χ2v) is 5.38. The molecule has 0 aromatic heterocycles. The second-order valence-electron chi connectivity index (χ2n) is 5.38. The zero-order chi connectivity index (χ0) is 17.6. The molecule has 1 rings (SSSR count). The van der Waals surface area contributed by atoms with Crippen LogP contribution in [0.4, 0.5) is 0 Å². The summed E-state index contributed by atoms with van der Waals surface area (Å²) in [4.78, 5) is 36.3. The van der Waals surface area contributed by atoms with E-state index in [4.69, 9.17) is 18.9 Å². The van der Waals surface area contributed by atoms with Gasteiger partial charge in [0.25, 0.3) is 0 Å². The molecular weight excluding hydrogens is 304 g/mol. The molecule has 0 N–H and O–H groups in total. The van der Waals surface area contributed by atoms with Gasteiger partial charge in [0.1, 0.15) is 5.78 Å². The summed E-state index contributed by atoms with van der Waals surface area (Å²) in [7, 11) is 0. The van der Waals surface area contributed by atoms with Crippen molar-refractivity contribution in [2.75, 3.05) is 13.2 Å². The Morgan fingerprint density at radius 3 is 1.70 bits per heavy atom. The van der Waals surface area contributed by atoms with Crippen molar-refractivity contribution in [3.8, 4) is 0 Å². The van der Waals surface area contributed by atoms with Gasteiger partial charge < -0.3 is 18.9 Å².